The van der Waals surface area contributed by atoms with Crippen LogP contribution in [0.5, 0.6) is 0 Å². The predicted octanol–water partition coefficient (Wildman–Crippen LogP) is 1.28. The van der Waals surface area contributed by atoms with Gasteiger partial charge < -0.3 is 0 Å². The van der Waals surface area contributed by atoms with Crippen molar-refractivity contribution in [2.75, 3.05) is 0 Å². The summed E-state index contributed by atoms with van der Waals surface area (Å²) in [5, 5.41) is 3.60. The van der Waals surface area contributed by atoms with Crippen LogP contribution in [-0.2, 0) is 0 Å². The molecule has 1 radical (unpaired) electrons. The number of halogens is 2. The smallest absolute Gasteiger partial charge is 0.151 e. The van der Waals surface area contributed by atoms with E-state index in [9.17, 15) is 0 Å². The van der Waals surface area contributed by atoms with Gasteiger partial charge in [0.15, 0.2) is 4.84 Å². The fraction of sp³-hybridized carbons (Fsp3) is 0.250. The average Bonchev–Trinajstić information content (AvgIpc) is 2.12. The topological polar surface area (TPSA) is 26.5 Å². The highest BCUT2D eigenvalue weighted by atomic mass is 35.5. The lowest BCUT2D eigenvalue weighted by Gasteiger charge is -1.91. The van der Waals surface area contributed by atoms with Crippen molar-refractivity contribution in [3.63, 3.8) is 0 Å². The molecule has 0 aromatic carbocycles. The molecule has 0 aromatic rings. The molecule has 0 saturated heterocycles. The largest absolute Gasteiger partial charge is 0.159 e. The molecule has 8 heavy (non-hydrogen) atoms. The number of allylic oxidation sites excluding steroid dienone is 1. The first kappa shape index (κ1) is 5.92. The van der Waals surface area contributed by atoms with E-state index in [4.69, 9.17) is 23.2 Å². The summed E-state index contributed by atoms with van der Waals surface area (Å²) in [6, 6.07) is 0. The molecule has 0 spiro atoms. The van der Waals surface area contributed by atoms with Gasteiger partial charge in [0.05, 0.1) is 11.9 Å². The van der Waals surface area contributed by atoms with Crippen LogP contribution in [0, 0.1) is 0 Å². The summed E-state index contributed by atoms with van der Waals surface area (Å²) in [5.74, 6) is 0. The quantitative estimate of drug-likeness (QED) is 0.503. The highest BCUT2D eigenvalue weighted by Crippen LogP contribution is 2.07. The van der Waals surface area contributed by atoms with E-state index in [1.165, 1.54) is 0 Å². The zero-order valence-electron chi connectivity index (χ0n) is 3.88. The van der Waals surface area contributed by atoms with Crippen LogP contribution >= 0.6 is 23.2 Å². The molecule has 1 aliphatic heterocycles. The zero-order chi connectivity index (χ0) is 5.98. The second-order valence-electron chi connectivity index (χ2n) is 1.26. The molecule has 0 N–H and O–H groups in total. The molecular formula is C4H3Cl2N2. The first-order chi connectivity index (χ1) is 3.80. The Hall–Kier alpha value is -0.210. The van der Waals surface area contributed by atoms with Crippen LogP contribution in [0.4, 0.5) is 0 Å². The van der Waals surface area contributed by atoms with Crippen LogP contribution in [0.3, 0.4) is 0 Å². The SMILES string of the molecule is ClC(Cl)C1=N[N]C=C1. The molecule has 43 valence electrons. The van der Waals surface area contributed by atoms with Gasteiger partial charge in [0.25, 0.3) is 0 Å². The minimum atomic E-state index is -0.544. The second-order valence-corrected chi connectivity index (χ2v) is 2.35. The maximum absolute atomic E-state index is 5.41. The van der Waals surface area contributed by atoms with Gasteiger partial charge in [-0.15, -0.1) is 0 Å². The number of alkyl halides is 2. The van der Waals surface area contributed by atoms with Gasteiger partial charge in [0.2, 0.25) is 0 Å². The minimum absolute atomic E-state index is 0.544. The molecule has 1 rings (SSSR count). The van der Waals surface area contributed by atoms with E-state index in [1.807, 2.05) is 0 Å². The Kier molecular flexibility index (Phi) is 1.76. The lowest BCUT2D eigenvalue weighted by molar-refractivity contribution is 0.970. The van der Waals surface area contributed by atoms with Crippen molar-refractivity contribution in [3.8, 4) is 0 Å². The molecule has 0 aliphatic carbocycles. The van der Waals surface area contributed by atoms with Crippen molar-refractivity contribution >= 4 is 28.9 Å². The maximum Gasteiger partial charge on any atom is 0.151 e. The molecule has 0 saturated carbocycles. The Morgan fingerprint density at radius 2 is 2.25 bits per heavy atom. The Morgan fingerprint density at radius 3 is 2.50 bits per heavy atom. The third-order valence-corrected chi connectivity index (χ3v) is 1.16. The van der Waals surface area contributed by atoms with Crippen molar-refractivity contribution in [2.45, 2.75) is 4.84 Å². The molecule has 1 heterocycles. The normalized spacial score (nSPS) is 16.6. The van der Waals surface area contributed by atoms with E-state index in [0.29, 0.717) is 5.71 Å². The van der Waals surface area contributed by atoms with Crippen LogP contribution in [0.25, 0.3) is 0 Å². The van der Waals surface area contributed by atoms with E-state index >= 15 is 0 Å². The third kappa shape index (κ3) is 1.14. The first-order valence-corrected chi connectivity index (χ1v) is 2.90. The molecule has 0 aromatic heterocycles. The van der Waals surface area contributed by atoms with Gasteiger partial charge in [-0.05, 0) is 6.08 Å². The van der Waals surface area contributed by atoms with E-state index in [1.54, 1.807) is 12.3 Å². The Labute approximate surface area is 57.2 Å². The number of rotatable bonds is 1. The van der Waals surface area contributed by atoms with Crippen molar-refractivity contribution < 1.29 is 0 Å². The van der Waals surface area contributed by atoms with Crippen LogP contribution in [0.1, 0.15) is 0 Å². The van der Waals surface area contributed by atoms with E-state index < -0.39 is 4.84 Å². The molecular weight excluding hydrogens is 147 g/mol. The van der Waals surface area contributed by atoms with Gasteiger partial charge in [-0.25, -0.2) is 0 Å². The van der Waals surface area contributed by atoms with Gasteiger partial charge >= 0.3 is 0 Å². The Morgan fingerprint density at radius 1 is 1.50 bits per heavy atom. The Bertz CT molecular complexity index is 139. The highest BCUT2D eigenvalue weighted by Gasteiger charge is 2.08. The summed E-state index contributed by atoms with van der Waals surface area (Å²) in [6.07, 6.45) is 3.22. The summed E-state index contributed by atoms with van der Waals surface area (Å²) >= 11 is 10.8. The highest BCUT2D eigenvalue weighted by molar-refractivity contribution is 6.55. The first-order valence-electron chi connectivity index (χ1n) is 2.03. The maximum atomic E-state index is 5.41. The fourth-order valence-corrected chi connectivity index (χ4v) is 0.592. The molecule has 0 amide bonds. The number of hydrogen-bond acceptors (Lipinski definition) is 1. The lowest BCUT2D eigenvalue weighted by atomic mass is 10.4. The summed E-state index contributed by atoms with van der Waals surface area (Å²) in [5.41, 5.74) is 4.13. The van der Waals surface area contributed by atoms with Gasteiger partial charge in [0, 0.05) is 0 Å². The van der Waals surface area contributed by atoms with E-state index in [-0.39, 0.29) is 0 Å². The molecule has 0 unspecified atom stereocenters. The third-order valence-electron chi connectivity index (χ3n) is 0.709. The molecule has 1 aliphatic rings. The summed E-state index contributed by atoms with van der Waals surface area (Å²) in [6.45, 7) is 0. The monoisotopic (exact) mass is 149 g/mol. The summed E-state index contributed by atoms with van der Waals surface area (Å²) in [4.78, 5) is -0.544. The predicted molar refractivity (Wildman–Crippen MR) is 34.2 cm³/mol. The van der Waals surface area contributed by atoms with Crippen molar-refractivity contribution in [1.82, 2.24) is 5.43 Å². The van der Waals surface area contributed by atoms with Crippen molar-refractivity contribution in [1.29, 1.82) is 0 Å². The zero-order valence-corrected chi connectivity index (χ0v) is 5.39. The molecule has 4 heteroatoms. The summed E-state index contributed by atoms with van der Waals surface area (Å²) in [7, 11) is 0. The van der Waals surface area contributed by atoms with Gasteiger partial charge in [-0.3, -0.25) is 0 Å². The molecule has 2 nitrogen and oxygen atoms in total. The van der Waals surface area contributed by atoms with Crippen LogP contribution in [0.2, 0.25) is 0 Å². The van der Waals surface area contributed by atoms with E-state index in [0.717, 1.165) is 0 Å². The number of hydrogen-bond donors (Lipinski definition) is 0. The minimum Gasteiger partial charge on any atom is -0.159 e. The Balaban J connectivity index is 2.58. The van der Waals surface area contributed by atoms with Crippen molar-refractivity contribution in [2.24, 2.45) is 5.10 Å². The fourth-order valence-electron chi connectivity index (χ4n) is 0.359. The van der Waals surface area contributed by atoms with Crippen LogP contribution in [0.15, 0.2) is 17.4 Å². The average molecular weight is 150 g/mol. The molecule has 0 bridgehead atoms. The summed E-state index contributed by atoms with van der Waals surface area (Å²) < 4.78 is 0. The lowest BCUT2D eigenvalue weighted by Crippen LogP contribution is -2.01. The van der Waals surface area contributed by atoms with Crippen LogP contribution in [-0.4, -0.2) is 10.5 Å². The van der Waals surface area contributed by atoms with Gasteiger partial charge in [-0.2, -0.15) is 10.5 Å². The molecule has 0 atom stereocenters. The number of nitrogens with zero attached hydrogens (tertiary/aromatic N) is 2. The van der Waals surface area contributed by atoms with Gasteiger partial charge in [-0.1, -0.05) is 23.2 Å². The second kappa shape index (κ2) is 2.37. The standard InChI is InChI=1S/C4H3Cl2N2/c5-4(6)3-1-2-7-8-3/h1-2,4H. The van der Waals surface area contributed by atoms with Crippen LogP contribution < -0.4 is 5.43 Å². The van der Waals surface area contributed by atoms with E-state index in [2.05, 4.69) is 10.5 Å². The van der Waals surface area contributed by atoms with Crippen molar-refractivity contribution in [3.05, 3.63) is 12.3 Å². The molecule has 0 fully saturated rings. The van der Waals surface area contributed by atoms with Gasteiger partial charge in [0.1, 0.15) is 0 Å².